The highest BCUT2D eigenvalue weighted by Gasteiger charge is 2.09. The Bertz CT molecular complexity index is 298. The highest BCUT2D eigenvalue weighted by atomic mass is 79.9. The topological polar surface area (TPSA) is 39.2 Å². The lowest BCUT2D eigenvalue weighted by Crippen LogP contribution is -2.13. The van der Waals surface area contributed by atoms with Crippen molar-refractivity contribution < 1.29 is 9.53 Å². The Morgan fingerprint density at radius 1 is 1.77 bits per heavy atom. The van der Waals surface area contributed by atoms with Crippen LogP contribution in [0.25, 0.3) is 0 Å². The van der Waals surface area contributed by atoms with Crippen molar-refractivity contribution in [2.45, 2.75) is 26.4 Å². The van der Waals surface area contributed by atoms with E-state index in [2.05, 4.69) is 20.9 Å². The summed E-state index contributed by atoms with van der Waals surface area (Å²) in [6, 6.07) is 0. The van der Waals surface area contributed by atoms with Gasteiger partial charge in [-0.1, -0.05) is 0 Å². The minimum Gasteiger partial charge on any atom is -0.463 e. The Balaban J connectivity index is 2.45. The third kappa shape index (κ3) is 3.87. The second-order valence-electron chi connectivity index (χ2n) is 2.81. The molecule has 0 spiro atoms. The van der Waals surface area contributed by atoms with Crippen molar-refractivity contribution in [3.8, 4) is 0 Å². The van der Waals surface area contributed by atoms with E-state index in [9.17, 15) is 4.79 Å². The number of carbonyl (C=O) groups excluding carboxylic acids is 1. The predicted molar refractivity (Wildman–Crippen MR) is 54.7 cm³/mol. The Kier molecular flexibility index (Phi) is 3.87. The van der Waals surface area contributed by atoms with Gasteiger partial charge in [-0.25, -0.2) is 4.98 Å². The lowest BCUT2D eigenvalue weighted by molar-refractivity contribution is -0.146. The van der Waals surface area contributed by atoms with E-state index in [1.165, 1.54) is 11.3 Å². The van der Waals surface area contributed by atoms with Gasteiger partial charge in [-0.3, -0.25) is 4.79 Å². The molecule has 0 unspecified atom stereocenters. The lowest BCUT2D eigenvalue weighted by atomic mass is 10.3. The minimum absolute atomic E-state index is 0.0606. The van der Waals surface area contributed by atoms with Crippen LogP contribution < -0.4 is 0 Å². The number of hydrogen-bond acceptors (Lipinski definition) is 4. The molecule has 72 valence electrons. The van der Waals surface area contributed by atoms with Gasteiger partial charge in [-0.15, -0.1) is 11.3 Å². The van der Waals surface area contributed by atoms with Crippen LogP contribution in [0.4, 0.5) is 0 Å². The van der Waals surface area contributed by atoms with E-state index in [0.717, 1.165) is 9.61 Å². The molecule has 1 aromatic rings. The number of carbonyl (C=O) groups is 1. The van der Waals surface area contributed by atoms with Gasteiger partial charge < -0.3 is 4.74 Å². The van der Waals surface area contributed by atoms with Gasteiger partial charge in [0.05, 0.1) is 18.2 Å². The van der Waals surface area contributed by atoms with Gasteiger partial charge >= 0.3 is 5.97 Å². The molecule has 13 heavy (non-hydrogen) atoms. The first-order valence-corrected chi connectivity index (χ1v) is 5.54. The van der Waals surface area contributed by atoms with Crippen molar-refractivity contribution in [3.63, 3.8) is 0 Å². The first-order valence-electron chi connectivity index (χ1n) is 3.87. The van der Waals surface area contributed by atoms with Crippen LogP contribution in [0, 0.1) is 0 Å². The molecule has 0 aliphatic carbocycles. The first-order chi connectivity index (χ1) is 6.08. The summed E-state index contributed by atoms with van der Waals surface area (Å²) >= 11 is 4.69. The SMILES string of the molecule is CC(C)OC(=O)Cc1csc(Br)n1. The van der Waals surface area contributed by atoms with Gasteiger partial charge in [-0.05, 0) is 29.8 Å². The molecule has 0 radical (unpaired) electrons. The van der Waals surface area contributed by atoms with Crippen molar-refractivity contribution in [3.05, 3.63) is 15.0 Å². The number of halogens is 1. The minimum atomic E-state index is -0.229. The normalized spacial score (nSPS) is 10.5. The summed E-state index contributed by atoms with van der Waals surface area (Å²) in [7, 11) is 0. The zero-order valence-corrected chi connectivity index (χ0v) is 9.81. The molecule has 0 saturated heterocycles. The van der Waals surface area contributed by atoms with Crippen LogP contribution in [0.15, 0.2) is 9.30 Å². The molecule has 1 aromatic heterocycles. The summed E-state index contributed by atoms with van der Waals surface area (Å²) in [5.74, 6) is -0.229. The van der Waals surface area contributed by atoms with E-state index in [1.54, 1.807) is 0 Å². The maximum absolute atomic E-state index is 11.2. The molecule has 3 nitrogen and oxygen atoms in total. The molecule has 5 heteroatoms. The van der Waals surface area contributed by atoms with Crippen LogP contribution in [0.2, 0.25) is 0 Å². The Morgan fingerprint density at radius 3 is 2.92 bits per heavy atom. The van der Waals surface area contributed by atoms with Gasteiger partial charge in [0.25, 0.3) is 0 Å². The molecule has 0 saturated carbocycles. The van der Waals surface area contributed by atoms with Crippen molar-refractivity contribution in [2.75, 3.05) is 0 Å². The summed E-state index contributed by atoms with van der Waals surface area (Å²) < 4.78 is 5.77. The standard InChI is InChI=1S/C8H10BrNO2S/c1-5(2)12-7(11)3-6-4-13-8(9)10-6/h4-5H,3H2,1-2H3. The predicted octanol–water partition coefficient (Wildman–Crippen LogP) is 2.40. The molecule has 1 rings (SSSR count). The second kappa shape index (κ2) is 4.72. The van der Waals surface area contributed by atoms with Gasteiger partial charge in [0.2, 0.25) is 0 Å². The number of hydrogen-bond donors (Lipinski definition) is 0. The van der Waals surface area contributed by atoms with Crippen LogP contribution in [-0.4, -0.2) is 17.1 Å². The molecular formula is C8H10BrNO2S. The molecule has 0 bridgehead atoms. The molecule has 0 aliphatic rings. The number of aromatic nitrogens is 1. The molecule has 1 heterocycles. The van der Waals surface area contributed by atoms with E-state index < -0.39 is 0 Å². The van der Waals surface area contributed by atoms with Crippen LogP contribution in [0.1, 0.15) is 19.5 Å². The zero-order valence-electron chi connectivity index (χ0n) is 7.41. The van der Waals surface area contributed by atoms with E-state index in [1.807, 2.05) is 19.2 Å². The smallest absolute Gasteiger partial charge is 0.312 e. The average Bonchev–Trinajstić information content (AvgIpc) is 2.33. The van der Waals surface area contributed by atoms with E-state index in [0.29, 0.717) is 0 Å². The van der Waals surface area contributed by atoms with Crippen LogP contribution in [0.5, 0.6) is 0 Å². The van der Waals surface area contributed by atoms with Gasteiger partial charge in [0, 0.05) is 5.38 Å². The molecule has 0 aliphatic heterocycles. The van der Waals surface area contributed by atoms with E-state index >= 15 is 0 Å². The molecule has 0 N–H and O–H groups in total. The number of rotatable bonds is 3. The summed E-state index contributed by atoms with van der Waals surface area (Å²) in [5.41, 5.74) is 0.752. The van der Waals surface area contributed by atoms with Gasteiger partial charge in [0.15, 0.2) is 3.92 Å². The first kappa shape index (κ1) is 10.7. The Morgan fingerprint density at radius 2 is 2.46 bits per heavy atom. The number of thiazole rings is 1. The van der Waals surface area contributed by atoms with Crippen molar-refractivity contribution >= 4 is 33.2 Å². The van der Waals surface area contributed by atoms with Crippen molar-refractivity contribution in [1.29, 1.82) is 0 Å². The van der Waals surface area contributed by atoms with Crippen LogP contribution in [-0.2, 0) is 16.0 Å². The largest absolute Gasteiger partial charge is 0.463 e. The molecule has 0 fully saturated rings. The molecule has 0 atom stereocenters. The quantitative estimate of drug-likeness (QED) is 0.787. The Labute approximate surface area is 89.3 Å². The highest BCUT2D eigenvalue weighted by Crippen LogP contribution is 2.16. The third-order valence-corrected chi connectivity index (χ3v) is 2.63. The van der Waals surface area contributed by atoms with Crippen LogP contribution in [0.3, 0.4) is 0 Å². The summed E-state index contributed by atoms with van der Waals surface area (Å²) in [6.07, 6.45) is 0.190. The second-order valence-corrected chi connectivity index (χ2v) is 4.94. The highest BCUT2D eigenvalue weighted by molar-refractivity contribution is 9.11. The summed E-state index contributed by atoms with van der Waals surface area (Å²) in [6.45, 7) is 3.66. The lowest BCUT2D eigenvalue weighted by Gasteiger charge is -2.05. The number of nitrogens with zero attached hydrogens (tertiary/aromatic N) is 1. The molecule has 0 amide bonds. The Hall–Kier alpha value is -0.420. The van der Waals surface area contributed by atoms with Gasteiger partial charge in [0.1, 0.15) is 0 Å². The number of ether oxygens (including phenoxy) is 1. The fraction of sp³-hybridized carbons (Fsp3) is 0.500. The van der Waals surface area contributed by atoms with Crippen molar-refractivity contribution in [2.24, 2.45) is 0 Å². The fourth-order valence-electron chi connectivity index (χ4n) is 0.816. The molecular weight excluding hydrogens is 254 g/mol. The van der Waals surface area contributed by atoms with Crippen molar-refractivity contribution in [1.82, 2.24) is 4.98 Å². The van der Waals surface area contributed by atoms with Crippen LogP contribution >= 0.6 is 27.3 Å². The third-order valence-electron chi connectivity index (χ3n) is 1.22. The van der Waals surface area contributed by atoms with E-state index in [4.69, 9.17) is 4.74 Å². The average molecular weight is 264 g/mol. The monoisotopic (exact) mass is 263 g/mol. The maximum Gasteiger partial charge on any atom is 0.312 e. The summed E-state index contributed by atoms with van der Waals surface area (Å²) in [5, 5.41) is 1.84. The zero-order chi connectivity index (χ0) is 9.84. The van der Waals surface area contributed by atoms with E-state index in [-0.39, 0.29) is 18.5 Å². The summed E-state index contributed by atoms with van der Waals surface area (Å²) in [4.78, 5) is 15.3. The fourth-order valence-corrected chi connectivity index (χ4v) is 1.86. The number of esters is 1. The van der Waals surface area contributed by atoms with Gasteiger partial charge in [-0.2, -0.15) is 0 Å². The molecule has 0 aromatic carbocycles. The maximum atomic E-state index is 11.2.